The summed E-state index contributed by atoms with van der Waals surface area (Å²) in [7, 11) is -3.39. The van der Waals surface area contributed by atoms with Crippen molar-refractivity contribution in [2.45, 2.75) is 31.3 Å². The molecule has 21 heavy (non-hydrogen) atoms. The molecule has 2 rings (SSSR count). The molecule has 0 aliphatic carbocycles. The van der Waals surface area contributed by atoms with Crippen LogP contribution in [-0.2, 0) is 14.6 Å². The zero-order valence-corrected chi connectivity index (χ0v) is 13.0. The van der Waals surface area contributed by atoms with Gasteiger partial charge in [0.2, 0.25) is 5.91 Å². The molecule has 0 spiro atoms. The summed E-state index contributed by atoms with van der Waals surface area (Å²) < 4.78 is 30.1. The lowest BCUT2D eigenvalue weighted by atomic mass is 10.2. The summed E-state index contributed by atoms with van der Waals surface area (Å²) in [5.41, 5.74) is 5.87. The Bertz CT molecular complexity index is 642. The van der Waals surface area contributed by atoms with Gasteiger partial charge >= 0.3 is 0 Å². The first-order chi connectivity index (χ1) is 9.85. The quantitative estimate of drug-likeness (QED) is 0.894. The van der Waals surface area contributed by atoms with E-state index in [2.05, 4.69) is 0 Å². The number of sulfone groups is 1. The van der Waals surface area contributed by atoms with Crippen molar-refractivity contribution in [1.29, 1.82) is 0 Å². The van der Waals surface area contributed by atoms with E-state index in [1.165, 1.54) is 19.1 Å². The number of hydrogen-bond acceptors (Lipinski definition) is 5. The Hall–Kier alpha value is -1.60. The lowest BCUT2D eigenvalue weighted by molar-refractivity contribution is -0.117. The van der Waals surface area contributed by atoms with Crippen LogP contribution in [-0.4, -0.2) is 39.3 Å². The molecule has 0 saturated heterocycles. The number of benzene rings is 1. The topological polar surface area (TPSA) is 89.7 Å². The van der Waals surface area contributed by atoms with Gasteiger partial charge in [0.15, 0.2) is 9.84 Å². The second-order valence-corrected chi connectivity index (χ2v) is 7.26. The van der Waals surface area contributed by atoms with Gasteiger partial charge in [-0.05, 0) is 38.1 Å². The van der Waals surface area contributed by atoms with Crippen molar-refractivity contribution in [3.63, 3.8) is 0 Å². The van der Waals surface area contributed by atoms with Gasteiger partial charge in [0.05, 0.1) is 22.9 Å². The molecule has 0 bridgehead atoms. The molecule has 116 valence electrons. The molecule has 0 fully saturated rings. The van der Waals surface area contributed by atoms with E-state index in [0.717, 1.165) is 0 Å². The van der Waals surface area contributed by atoms with Crippen molar-refractivity contribution in [3.05, 3.63) is 18.2 Å². The van der Waals surface area contributed by atoms with Gasteiger partial charge in [-0.1, -0.05) is 0 Å². The maximum atomic E-state index is 12.2. The molecule has 7 heteroatoms. The first-order valence-corrected chi connectivity index (χ1v) is 8.52. The number of anilines is 1. The standard InChI is InChI=1S/C14H20N2O4S/c1-10-9-16(11(2)17)13-8-12(4-5-14(13)20-10)21(18,19)7-3-6-15/h4-5,8,10H,3,6-7,9,15H2,1-2H3. The average molecular weight is 312 g/mol. The average Bonchev–Trinajstić information content (AvgIpc) is 2.43. The summed E-state index contributed by atoms with van der Waals surface area (Å²) in [5, 5.41) is 0. The first-order valence-electron chi connectivity index (χ1n) is 6.87. The van der Waals surface area contributed by atoms with Crippen molar-refractivity contribution in [1.82, 2.24) is 0 Å². The Balaban J connectivity index is 2.42. The SMILES string of the molecule is CC(=O)N1CC(C)Oc2ccc(S(=O)(=O)CCCN)cc21. The highest BCUT2D eigenvalue weighted by molar-refractivity contribution is 7.91. The molecule has 2 N–H and O–H groups in total. The smallest absolute Gasteiger partial charge is 0.224 e. The Morgan fingerprint density at radius 3 is 2.81 bits per heavy atom. The Morgan fingerprint density at radius 2 is 2.19 bits per heavy atom. The number of carbonyl (C=O) groups excluding carboxylic acids is 1. The van der Waals surface area contributed by atoms with Gasteiger partial charge in [0, 0.05) is 6.92 Å². The maximum Gasteiger partial charge on any atom is 0.224 e. The predicted molar refractivity (Wildman–Crippen MR) is 80.3 cm³/mol. The van der Waals surface area contributed by atoms with Crippen LogP contribution in [0.25, 0.3) is 0 Å². The van der Waals surface area contributed by atoms with Gasteiger partial charge in [-0.15, -0.1) is 0 Å². The molecule has 1 unspecified atom stereocenters. The Morgan fingerprint density at radius 1 is 1.48 bits per heavy atom. The lowest BCUT2D eigenvalue weighted by Gasteiger charge is -2.33. The van der Waals surface area contributed by atoms with Gasteiger partial charge in [0.25, 0.3) is 0 Å². The molecular weight excluding hydrogens is 292 g/mol. The third-order valence-corrected chi connectivity index (χ3v) is 5.14. The van der Waals surface area contributed by atoms with Crippen LogP contribution in [0.5, 0.6) is 5.75 Å². The third-order valence-electron chi connectivity index (χ3n) is 3.35. The molecule has 1 aromatic rings. The molecule has 1 heterocycles. The predicted octanol–water partition coefficient (Wildman–Crippen LogP) is 0.943. The van der Waals surface area contributed by atoms with E-state index in [1.54, 1.807) is 11.0 Å². The van der Waals surface area contributed by atoms with Gasteiger partial charge in [-0.3, -0.25) is 4.79 Å². The molecule has 0 radical (unpaired) electrons. The minimum absolute atomic E-state index is 0.000379. The van der Waals surface area contributed by atoms with Gasteiger partial charge < -0.3 is 15.4 Å². The highest BCUT2D eigenvalue weighted by Gasteiger charge is 2.27. The lowest BCUT2D eigenvalue weighted by Crippen LogP contribution is -2.41. The molecule has 1 amide bonds. The van der Waals surface area contributed by atoms with E-state index >= 15 is 0 Å². The summed E-state index contributed by atoms with van der Waals surface area (Å²) in [5.74, 6) is 0.393. The monoisotopic (exact) mass is 312 g/mol. The molecule has 1 aromatic carbocycles. The number of nitrogens with two attached hydrogens (primary N) is 1. The van der Waals surface area contributed by atoms with Crippen molar-refractivity contribution >= 4 is 21.4 Å². The Labute approximate surface area is 124 Å². The fourth-order valence-corrected chi connectivity index (χ4v) is 3.65. The summed E-state index contributed by atoms with van der Waals surface area (Å²) in [6, 6.07) is 4.63. The number of carbonyl (C=O) groups is 1. The Kier molecular flexibility index (Phi) is 4.53. The van der Waals surface area contributed by atoms with E-state index < -0.39 is 9.84 Å². The van der Waals surface area contributed by atoms with Crippen LogP contribution in [0.3, 0.4) is 0 Å². The van der Waals surface area contributed by atoms with E-state index in [1.807, 2.05) is 6.92 Å². The number of rotatable bonds is 4. The summed E-state index contributed by atoms with van der Waals surface area (Å²) in [6.07, 6.45) is 0.282. The minimum atomic E-state index is -3.39. The zero-order chi connectivity index (χ0) is 15.6. The molecule has 1 aliphatic heterocycles. The van der Waals surface area contributed by atoms with Gasteiger partial charge in [-0.2, -0.15) is 0 Å². The number of ether oxygens (including phenoxy) is 1. The minimum Gasteiger partial charge on any atom is -0.487 e. The molecule has 1 atom stereocenters. The highest BCUT2D eigenvalue weighted by atomic mass is 32.2. The van der Waals surface area contributed by atoms with Gasteiger partial charge in [0.1, 0.15) is 11.9 Å². The first kappa shape index (κ1) is 15.8. The molecule has 1 aliphatic rings. The van der Waals surface area contributed by atoms with Crippen LogP contribution in [0.2, 0.25) is 0 Å². The second-order valence-electron chi connectivity index (χ2n) is 5.15. The summed E-state index contributed by atoms with van der Waals surface area (Å²) in [4.78, 5) is 13.5. The van der Waals surface area contributed by atoms with Crippen LogP contribution in [0, 0.1) is 0 Å². The fraction of sp³-hybridized carbons (Fsp3) is 0.500. The molecule has 0 aromatic heterocycles. The number of nitrogens with zero attached hydrogens (tertiary/aromatic N) is 1. The number of fused-ring (bicyclic) bond motifs is 1. The van der Waals surface area contributed by atoms with E-state index in [4.69, 9.17) is 10.5 Å². The molecule has 0 saturated carbocycles. The largest absolute Gasteiger partial charge is 0.487 e. The number of amides is 1. The third kappa shape index (κ3) is 3.36. The van der Waals surface area contributed by atoms with Gasteiger partial charge in [-0.25, -0.2) is 8.42 Å². The van der Waals surface area contributed by atoms with Crippen LogP contribution in [0.1, 0.15) is 20.3 Å². The fourth-order valence-electron chi connectivity index (χ4n) is 2.30. The van der Waals surface area contributed by atoms with Crippen LogP contribution in [0.4, 0.5) is 5.69 Å². The summed E-state index contributed by atoms with van der Waals surface area (Å²) in [6.45, 7) is 4.06. The van der Waals surface area contributed by atoms with Crippen molar-refractivity contribution in [3.8, 4) is 5.75 Å². The molecule has 6 nitrogen and oxygen atoms in total. The van der Waals surface area contributed by atoms with E-state index in [-0.39, 0.29) is 22.7 Å². The normalized spacial score (nSPS) is 18.0. The van der Waals surface area contributed by atoms with E-state index in [9.17, 15) is 13.2 Å². The maximum absolute atomic E-state index is 12.2. The van der Waals surface area contributed by atoms with Crippen LogP contribution < -0.4 is 15.4 Å². The van der Waals surface area contributed by atoms with Crippen molar-refractivity contribution in [2.75, 3.05) is 23.7 Å². The second kappa shape index (κ2) is 6.03. The van der Waals surface area contributed by atoms with Crippen LogP contribution >= 0.6 is 0 Å². The summed E-state index contributed by atoms with van der Waals surface area (Å²) >= 11 is 0. The zero-order valence-electron chi connectivity index (χ0n) is 12.2. The van der Waals surface area contributed by atoms with Crippen LogP contribution in [0.15, 0.2) is 23.1 Å². The highest BCUT2D eigenvalue weighted by Crippen LogP contribution is 2.35. The van der Waals surface area contributed by atoms with E-state index in [0.29, 0.717) is 30.9 Å². The molecular formula is C14H20N2O4S. The van der Waals surface area contributed by atoms with Crippen molar-refractivity contribution in [2.24, 2.45) is 5.73 Å². The van der Waals surface area contributed by atoms with Crippen molar-refractivity contribution < 1.29 is 17.9 Å². The number of hydrogen-bond donors (Lipinski definition) is 1.